The minimum atomic E-state index is -0.375. The second-order valence-corrected chi connectivity index (χ2v) is 5.60. The molecule has 1 atom stereocenters. The highest BCUT2D eigenvalue weighted by Crippen LogP contribution is 2.26. The summed E-state index contributed by atoms with van der Waals surface area (Å²) in [6.07, 6.45) is 1.22. The number of nitrogens with zero attached hydrogens (tertiary/aromatic N) is 2. The topological polar surface area (TPSA) is 46.9 Å². The molecule has 1 N–H and O–H groups in total. The smallest absolute Gasteiger partial charge is 0.221 e. The van der Waals surface area contributed by atoms with Crippen molar-refractivity contribution in [2.75, 3.05) is 6.54 Å². The van der Waals surface area contributed by atoms with Crippen molar-refractivity contribution in [3.8, 4) is 0 Å². The summed E-state index contributed by atoms with van der Waals surface area (Å²) < 4.78 is 15.6. The first-order chi connectivity index (χ1) is 10.0. The highest BCUT2D eigenvalue weighted by Gasteiger charge is 2.17. The molecule has 0 saturated heterocycles. The van der Waals surface area contributed by atoms with E-state index in [1.807, 2.05) is 11.5 Å². The van der Waals surface area contributed by atoms with Crippen LogP contribution in [0.5, 0.6) is 0 Å². The molecule has 6 heteroatoms. The van der Waals surface area contributed by atoms with Crippen LogP contribution in [-0.2, 0) is 11.3 Å². The van der Waals surface area contributed by atoms with Crippen molar-refractivity contribution >= 4 is 28.5 Å². The van der Waals surface area contributed by atoms with Gasteiger partial charge in [-0.3, -0.25) is 4.79 Å². The monoisotopic (exact) mass is 311 g/mol. The maximum Gasteiger partial charge on any atom is 0.221 e. The Morgan fingerprint density at radius 1 is 1.52 bits per heavy atom. The van der Waals surface area contributed by atoms with Crippen molar-refractivity contribution < 1.29 is 9.18 Å². The van der Waals surface area contributed by atoms with Crippen molar-refractivity contribution in [1.29, 1.82) is 0 Å². The Morgan fingerprint density at radius 2 is 2.29 bits per heavy atom. The fourth-order valence-corrected chi connectivity index (χ4v) is 2.40. The molecule has 0 saturated carbocycles. The van der Waals surface area contributed by atoms with Crippen molar-refractivity contribution in [1.82, 2.24) is 14.9 Å². The summed E-state index contributed by atoms with van der Waals surface area (Å²) in [6.45, 7) is 4.88. The van der Waals surface area contributed by atoms with Crippen LogP contribution < -0.4 is 5.32 Å². The lowest BCUT2D eigenvalue weighted by Gasteiger charge is -2.10. The Balaban J connectivity index is 2.27. The summed E-state index contributed by atoms with van der Waals surface area (Å²) in [6, 6.07) is 4.80. The lowest BCUT2D eigenvalue weighted by molar-refractivity contribution is -0.121. The lowest BCUT2D eigenvalue weighted by atomic mass is 10.3. The van der Waals surface area contributed by atoms with Gasteiger partial charge in [-0.25, -0.2) is 9.37 Å². The molecule has 21 heavy (non-hydrogen) atoms. The van der Waals surface area contributed by atoms with Crippen molar-refractivity contribution in [2.45, 2.75) is 38.6 Å². The molecule has 1 aromatic heterocycles. The number of aryl methyl sites for hydroxylation is 1. The number of carbonyl (C=O) groups excluding carboxylic acids is 1. The fourth-order valence-electron chi connectivity index (χ4n) is 2.24. The van der Waals surface area contributed by atoms with Crippen LogP contribution in [0, 0.1) is 5.82 Å². The van der Waals surface area contributed by atoms with E-state index < -0.39 is 0 Å². The molecule has 0 aliphatic heterocycles. The Kier molecular flexibility index (Phi) is 5.17. The van der Waals surface area contributed by atoms with E-state index in [0.29, 0.717) is 36.4 Å². The van der Waals surface area contributed by atoms with Gasteiger partial charge >= 0.3 is 0 Å². The number of aromatic nitrogens is 2. The van der Waals surface area contributed by atoms with E-state index in [4.69, 9.17) is 11.6 Å². The number of carbonyl (C=O) groups is 1. The van der Waals surface area contributed by atoms with Gasteiger partial charge < -0.3 is 9.88 Å². The zero-order valence-corrected chi connectivity index (χ0v) is 13.0. The van der Waals surface area contributed by atoms with Crippen LogP contribution >= 0.6 is 11.6 Å². The first-order valence-electron chi connectivity index (χ1n) is 7.10. The van der Waals surface area contributed by atoms with Crippen LogP contribution in [0.1, 0.15) is 37.9 Å². The van der Waals surface area contributed by atoms with Gasteiger partial charge in [0.05, 0.1) is 10.9 Å². The van der Waals surface area contributed by atoms with E-state index in [0.717, 1.165) is 6.42 Å². The number of benzene rings is 1. The summed E-state index contributed by atoms with van der Waals surface area (Å²) in [5.41, 5.74) is 0.967. The van der Waals surface area contributed by atoms with Crippen LogP contribution in [0.3, 0.4) is 0 Å². The van der Waals surface area contributed by atoms with Crippen LogP contribution in [-0.4, -0.2) is 22.0 Å². The van der Waals surface area contributed by atoms with E-state index in [1.54, 1.807) is 19.1 Å². The SMILES string of the molecule is CCCNC(=O)CCn1c(C(C)Cl)nc2c(F)cccc21. The summed E-state index contributed by atoms with van der Waals surface area (Å²) >= 11 is 6.12. The number of hydrogen-bond donors (Lipinski definition) is 1. The standard InChI is InChI=1S/C15H19ClFN3O/c1-3-8-18-13(21)7-9-20-12-6-4-5-11(17)14(12)19-15(20)10(2)16/h4-6,10H,3,7-9H2,1-2H3,(H,18,21). The number of alkyl halides is 1. The van der Waals surface area contributed by atoms with Crippen LogP contribution in [0.15, 0.2) is 18.2 Å². The Morgan fingerprint density at radius 3 is 2.95 bits per heavy atom. The van der Waals surface area contributed by atoms with Gasteiger partial charge in [-0.2, -0.15) is 0 Å². The number of fused-ring (bicyclic) bond motifs is 1. The number of para-hydroxylation sites is 1. The molecular formula is C15H19ClFN3O. The Hall–Kier alpha value is -1.62. The molecule has 0 spiro atoms. The quantitative estimate of drug-likeness (QED) is 0.831. The molecule has 1 heterocycles. The van der Waals surface area contributed by atoms with Crippen LogP contribution in [0.25, 0.3) is 11.0 Å². The molecule has 1 aromatic carbocycles. The van der Waals surface area contributed by atoms with E-state index in [2.05, 4.69) is 10.3 Å². The zero-order chi connectivity index (χ0) is 15.4. The summed E-state index contributed by atoms with van der Waals surface area (Å²) in [4.78, 5) is 16.0. The molecule has 2 rings (SSSR count). The van der Waals surface area contributed by atoms with Crippen LogP contribution in [0.2, 0.25) is 0 Å². The number of halogens is 2. The molecule has 114 valence electrons. The van der Waals surface area contributed by atoms with E-state index in [-0.39, 0.29) is 17.1 Å². The molecule has 0 aliphatic rings. The zero-order valence-electron chi connectivity index (χ0n) is 12.2. The molecular weight excluding hydrogens is 293 g/mol. The second-order valence-electron chi connectivity index (χ2n) is 4.95. The van der Waals surface area contributed by atoms with Gasteiger partial charge in [0.25, 0.3) is 0 Å². The molecule has 0 bridgehead atoms. The van der Waals surface area contributed by atoms with Gasteiger partial charge in [0.1, 0.15) is 11.3 Å². The van der Waals surface area contributed by atoms with Crippen molar-refractivity contribution in [3.05, 3.63) is 29.8 Å². The molecule has 1 amide bonds. The molecule has 2 aromatic rings. The number of imidazole rings is 1. The number of amides is 1. The molecule has 0 fully saturated rings. The number of hydrogen-bond acceptors (Lipinski definition) is 2. The first-order valence-corrected chi connectivity index (χ1v) is 7.53. The summed E-state index contributed by atoms with van der Waals surface area (Å²) in [7, 11) is 0. The van der Waals surface area contributed by atoms with E-state index in [9.17, 15) is 9.18 Å². The summed E-state index contributed by atoms with van der Waals surface area (Å²) in [5.74, 6) is 0.184. The molecule has 0 radical (unpaired) electrons. The van der Waals surface area contributed by atoms with Gasteiger partial charge in [-0.15, -0.1) is 11.6 Å². The van der Waals surface area contributed by atoms with Crippen LogP contribution in [0.4, 0.5) is 4.39 Å². The molecule has 4 nitrogen and oxygen atoms in total. The average Bonchev–Trinajstić information content (AvgIpc) is 2.83. The van der Waals surface area contributed by atoms with Gasteiger partial charge in [0.15, 0.2) is 5.82 Å². The average molecular weight is 312 g/mol. The number of nitrogens with one attached hydrogen (secondary N) is 1. The number of rotatable bonds is 6. The van der Waals surface area contributed by atoms with Crippen molar-refractivity contribution in [2.24, 2.45) is 0 Å². The van der Waals surface area contributed by atoms with Gasteiger partial charge in [0.2, 0.25) is 5.91 Å². The predicted molar refractivity (Wildman–Crippen MR) is 81.9 cm³/mol. The van der Waals surface area contributed by atoms with Gasteiger partial charge in [-0.1, -0.05) is 13.0 Å². The maximum absolute atomic E-state index is 13.8. The van der Waals surface area contributed by atoms with Gasteiger partial charge in [-0.05, 0) is 25.5 Å². The third-order valence-electron chi connectivity index (χ3n) is 3.25. The summed E-state index contributed by atoms with van der Waals surface area (Å²) in [5, 5.41) is 2.47. The van der Waals surface area contributed by atoms with Gasteiger partial charge in [0, 0.05) is 19.5 Å². The highest BCUT2D eigenvalue weighted by atomic mass is 35.5. The predicted octanol–water partition coefficient (Wildman–Crippen LogP) is 3.39. The molecule has 1 unspecified atom stereocenters. The fraction of sp³-hybridized carbons (Fsp3) is 0.467. The maximum atomic E-state index is 13.8. The lowest BCUT2D eigenvalue weighted by Crippen LogP contribution is -2.25. The second kappa shape index (κ2) is 6.89. The van der Waals surface area contributed by atoms with Crippen molar-refractivity contribution in [3.63, 3.8) is 0 Å². The first kappa shape index (κ1) is 15.8. The third kappa shape index (κ3) is 3.53. The normalized spacial score (nSPS) is 12.6. The van der Waals surface area contributed by atoms with E-state index >= 15 is 0 Å². The third-order valence-corrected chi connectivity index (χ3v) is 3.44. The highest BCUT2D eigenvalue weighted by molar-refractivity contribution is 6.20. The Labute approximate surface area is 128 Å². The molecule has 0 aliphatic carbocycles. The van der Waals surface area contributed by atoms with E-state index in [1.165, 1.54) is 6.07 Å². The minimum absolute atomic E-state index is 0.0247. The largest absolute Gasteiger partial charge is 0.356 e. The minimum Gasteiger partial charge on any atom is -0.356 e. The Bertz CT molecular complexity index is 639.